The molecular weight excluding hydrogens is 142 g/mol. The van der Waals surface area contributed by atoms with Gasteiger partial charge in [0.25, 0.3) is 6.47 Å². The van der Waals surface area contributed by atoms with Crippen LogP contribution in [0.15, 0.2) is 0 Å². The molecule has 0 saturated heterocycles. The molecule has 0 aliphatic heterocycles. The van der Waals surface area contributed by atoms with Gasteiger partial charge in [-0.05, 0) is 18.8 Å². The van der Waals surface area contributed by atoms with Gasteiger partial charge >= 0.3 is 0 Å². The Morgan fingerprint density at radius 1 is 1.55 bits per heavy atom. The minimum atomic E-state index is 0.375. The van der Waals surface area contributed by atoms with Crippen molar-refractivity contribution in [2.45, 2.75) is 32.2 Å². The molecular formula is C8H17NO2. The van der Waals surface area contributed by atoms with E-state index in [0.29, 0.717) is 12.5 Å². The zero-order valence-corrected chi connectivity index (χ0v) is 7.25. The van der Waals surface area contributed by atoms with E-state index < -0.39 is 0 Å². The van der Waals surface area contributed by atoms with Crippen molar-refractivity contribution in [1.29, 1.82) is 0 Å². The zero-order chi connectivity index (χ0) is 8.69. The fourth-order valence-electron chi connectivity index (χ4n) is 1.17. The van der Waals surface area contributed by atoms with Gasteiger partial charge in [-0.25, -0.2) is 0 Å². The molecule has 1 saturated carbocycles. The molecule has 1 aliphatic rings. The summed E-state index contributed by atoms with van der Waals surface area (Å²) < 4.78 is 3.86. The van der Waals surface area contributed by atoms with Gasteiger partial charge in [0.2, 0.25) is 0 Å². The molecule has 11 heavy (non-hydrogen) atoms. The normalized spacial score (nSPS) is 28.6. The van der Waals surface area contributed by atoms with Crippen LogP contribution in [0.3, 0.4) is 0 Å². The first kappa shape index (κ1) is 10.4. The van der Waals surface area contributed by atoms with Crippen LogP contribution in [0, 0.1) is 5.92 Å². The molecule has 3 heteroatoms. The standard InChI is InChI=1S/C6H13N.C2H4O2/c1-5-3-2-4-6(5)7;1-4-2-3/h5-6H,2-4,7H2,1H3;2H,1H3. The molecule has 0 heterocycles. The summed E-state index contributed by atoms with van der Waals surface area (Å²) in [5.74, 6) is 0.792. The highest BCUT2D eigenvalue weighted by atomic mass is 16.5. The second-order valence-corrected chi connectivity index (χ2v) is 2.90. The van der Waals surface area contributed by atoms with Crippen LogP contribution in [0.4, 0.5) is 0 Å². The second kappa shape index (κ2) is 6.16. The Bertz CT molecular complexity index is 98.3. The highest BCUT2D eigenvalue weighted by Gasteiger charge is 2.18. The van der Waals surface area contributed by atoms with Gasteiger partial charge in [0.15, 0.2) is 0 Å². The number of rotatable bonds is 1. The molecule has 2 unspecified atom stereocenters. The van der Waals surface area contributed by atoms with Crippen molar-refractivity contribution in [3.8, 4) is 0 Å². The third-order valence-corrected chi connectivity index (χ3v) is 2.02. The van der Waals surface area contributed by atoms with Crippen LogP contribution in [0.2, 0.25) is 0 Å². The van der Waals surface area contributed by atoms with E-state index in [4.69, 9.17) is 10.5 Å². The Kier molecular flexibility index (Phi) is 5.84. The largest absolute Gasteiger partial charge is 0.471 e. The molecule has 66 valence electrons. The lowest BCUT2D eigenvalue weighted by molar-refractivity contribution is -0.126. The maximum Gasteiger partial charge on any atom is 0.292 e. The fourth-order valence-corrected chi connectivity index (χ4v) is 1.17. The zero-order valence-electron chi connectivity index (χ0n) is 7.25. The van der Waals surface area contributed by atoms with Crippen LogP contribution in [0.5, 0.6) is 0 Å². The number of carbonyl (C=O) groups excluding carboxylic acids is 1. The van der Waals surface area contributed by atoms with Crippen LogP contribution in [-0.2, 0) is 9.53 Å². The Labute approximate surface area is 67.9 Å². The van der Waals surface area contributed by atoms with Gasteiger partial charge in [0.05, 0.1) is 7.11 Å². The second-order valence-electron chi connectivity index (χ2n) is 2.90. The van der Waals surface area contributed by atoms with Gasteiger partial charge in [-0.1, -0.05) is 13.3 Å². The number of carbonyl (C=O) groups is 1. The average Bonchev–Trinajstić information content (AvgIpc) is 2.37. The third kappa shape index (κ3) is 4.79. The molecule has 0 bridgehead atoms. The summed E-state index contributed by atoms with van der Waals surface area (Å²) in [6.07, 6.45) is 3.95. The Morgan fingerprint density at radius 3 is 2.18 bits per heavy atom. The smallest absolute Gasteiger partial charge is 0.292 e. The van der Waals surface area contributed by atoms with E-state index in [1.165, 1.54) is 26.4 Å². The van der Waals surface area contributed by atoms with E-state index in [1.807, 2.05) is 0 Å². The molecule has 2 atom stereocenters. The van der Waals surface area contributed by atoms with E-state index in [1.54, 1.807) is 0 Å². The van der Waals surface area contributed by atoms with E-state index in [-0.39, 0.29) is 0 Å². The van der Waals surface area contributed by atoms with Crippen molar-refractivity contribution in [3.05, 3.63) is 0 Å². The van der Waals surface area contributed by atoms with Crippen molar-refractivity contribution in [3.63, 3.8) is 0 Å². The molecule has 0 aromatic carbocycles. The number of methoxy groups -OCH3 is 1. The summed E-state index contributed by atoms with van der Waals surface area (Å²) in [7, 11) is 1.31. The van der Waals surface area contributed by atoms with E-state index in [9.17, 15) is 0 Å². The topological polar surface area (TPSA) is 52.3 Å². The Balaban J connectivity index is 0.000000218. The van der Waals surface area contributed by atoms with Crippen molar-refractivity contribution < 1.29 is 9.53 Å². The van der Waals surface area contributed by atoms with Crippen LogP contribution in [-0.4, -0.2) is 19.6 Å². The van der Waals surface area contributed by atoms with Gasteiger partial charge in [-0.2, -0.15) is 0 Å². The summed E-state index contributed by atoms with van der Waals surface area (Å²) in [4.78, 5) is 8.95. The lowest BCUT2D eigenvalue weighted by atomic mass is 10.1. The van der Waals surface area contributed by atoms with Crippen LogP contribution in [0.25, 0.3) is 0 Å². The van der Waals surface area contributed by atoms with E-state index in [2.05, 4.69) is 11.7 Å². The number of hydrogen-bond acceptors (Lipinski definition) is 3. The minimum Gasteiger partial charge on any atom is -0.471 e. The lowest BCUT2D eigenvalue weighted by Crippen LogP contribution is -2.21. The Morgan fingerprint density at radius 2 is 2.09 bits per heavy atom. The molecule has 1 fully saturated rings. The van der Waals surface area contributed by atoms with Crippen LogP contribution < -0.4 is 5.73 Å². The van der Waals surface area contributed by atoms with Gasteiger partial charge in [0.1, 0.15) is 0 Å². The minimum absolute atomic E-state index is 0.375. The summed E-state index contributed by atoms with van der Waals surface area (Å²) in [6, 6.07) is 0.514. The van der Waals surface area contributed by atoms with Crippen molar-refractivity contribution >= 4 is 6.47 Å². The highest BCUT2D eigenvalue weighted by Crippen LogP contribution is 2.22. The number of nitrogens with two attached hydrogens (primary N) is 1. The maximum absolute atomic E-state index is 8.95. The predicted octanol–water partition coefficient (Wildman–Crippen LogP) is 0.923. The summed E-state index contributed by atoms with van der Waals surface area (Å²) in [5.41, 5.74) is 5.68. The van der Waals surface area contributed by atoms with Crippen molar-refractivity contribution in [2.24, 2.45) is 11.7 Å². The first-order chi connectivity index (χ1) is 5.22. The molecule has 0 aromatic rings. The first-order valence-corrected chi connectivity index (χ1v) is 3.94. The molecule has 2 N–H and O–H groups in total. The van der Waals surface area contributed by atoms with Crippen LogP contribution >= 0.6 is 0 Å². The van der Waals surface area contributed by atoms with Crippen molar-refractivity contribution in [2.75, 3.05) is 7.11 Å². The average molecular weight is 159 g/mol. The molecule has 1 aliphatic carbocycles. The first-order valence-electron chi connectivity index (χ1n) is 3.94. The molecule has 3 nitrogen and oxygen atoms in total. The van der Waals surface area contributed by atoms with Gasteiger partial charge in [0, 0.05) is 6.04 Å². The van der Waals surface area contributed by atoms with Gasteiger partial charge in [-0.3, -0.25) is 4.79 Å². The fraction of sp³-hybridized carbons (Fsp3) is 0.875. The molecule has 0 amide bonds. The summed E-state index contributed by atoms with van der Waals surface area (Å²) >= 11 is 0. The Hall–Kier alpha value is -0.570. The lowest BCUT2D eigenvalue weighted by Gasteiger charge is -2.05. The number of ether oxygens (including phenoxy) is 1. The highest BCUT2D eigenvalue weighted by molar-refractivity contribution is 5.36. The monoisotopic (exact) mass is 159 g/mol. The van der Waals surface area contributed by atoms with Gasteiger partial charge < -0.3 is 10.5 Å². The third-order valence-electron chi connectivity index (χ3n) is 2.02. The molecule has 0 spiro atoms. The van der Waals surface area contributed by atoms with Crippen molar-refractivity contribution in [1.82, 2.24) is 0 Å². The summed E-state index contributed by atoms with van der Waals surface area (Å²) in [6.45, 7) is 2.61. The SMILES string of the molecule is CC1CCCC1N.COC=O. The molecule has 0 radical (unpaired) electrons. The molecule has 0 aromatic heterocycles. The van der Waals surface area contributed by atoms with Gasteiger partial charge in [-0.15, -0.1) is 0 Å². The maximum atomic E-state index is 8.95. The number of hydrogen-bond donors (Lipinski definition) is 1. The predicted molar refractivity (Wildman–Crippen MR) is 44.1 cm³/mol. The quantitative estimate of drug-likeness (QED) is 0.579. The molecule has 1 rings (SSSR count). The summed E-state index contributed by atoms with van der Waals surface area (Å²) in [5, 5.41) is 0. The van der Waals surface area contributed by atoms with Crippen LogP contribution in [0.1, 0.15) is 26.2 Å². The van der Waals surface area contributed by atoms with E-state index in [0.717, 1.165) is 5.92 Å². The van der Waals surface area contributed by atoms with E-state index >= 15 is 0 Å².